The van der Waals surface area contributed by atoms with Gasteiger partial charge < -0.3 is 15.2 Å². The van der Waals surface area contributed by atoms with E-state index in [1.54, 1.807) is 13.2 Å². The first-order chi connectivity index (χ1) is 11.9. The number of carbonyl (C=O) groups excluding carboxylic acids is 1. The number of carboxylic acid groups (broad SMARTS) is 2. The lowest BCUT2D eigenvalue weighted by molar-refractivity contribution is -0.727. The molecule has 0 spiro atoms. The Bertz CT molecular complexity index is 767. The summed E-state index contributed by atoms with van der Waals surface area (Å²) in [6.45, 7) is 0. The Morgan fingerprint density at radius 3 is 2.32 bits per heavy atom. The molecule has 1 aromatic heterocycles. The Kier molecular flexibility index (Phi) is 6.08. The van der Waals surface area contributed by atoms with Crippen LogP contribution in [0.3, 0.4) is 0 Å². The number of aromatic nitrogens is 1. The highest BCUT2D eigenvalue weighted by Gasteiger charge is 2.26. The van der Waals surface area contributed by atoms with Crippen molar-refractivity contribution < 1.29 is 29.5 Å². The number of aromatic amines is 1. The van der Waals surface area contributed by atoms with Gasteiger partial charge in [0.15, 0.2) is 0 Å². The number of quaternary nitrogens is 1. The lowest BCUT2D eigenvalue weighted by atomic mass is 10.0. The van der Waals surface area contributed by atoms with E-state index in [0.717, 1.165) is 5.56 Å². The molecule has 1 unspecified atom stereocenters. The van der Waals surface area contributed by atoms with Crippen molar-refractivity contribution in [1.29, 1.82) is 0 Å². The van der Waals surface area contributed by atoms with Crippen LogP contribution < -0.4 is 4.90 Å². The molecule has 2 rings (SSSR count). The van der Waals surface area contributed by atoms with Gasteiger partial charge in [0.2, 0.25) is 5.82 Å². The van der Waals surface area contributed by atoms with E-state index < -0.39 is 11.9 Å². The Morgan fingerprint density at radius 1 is 1.04 bits per heavy atom. The first kappa shape index (κ1) is 18.4. The Labute approximate surface area is 144 Å². The van der Waals surface area contributed by atoms with Gasteiger partial charge in [-0.3, -0.25) is 9.59 Å². The maximum Gasteiger partial charge on any atom is 0.322 e. The lowest BCUT2D eigenvalue weighted by Crippen LogP contribution is -3.07. The van der Waals surface area contributed by atoms with Crippen molar-refractivity contribution in [3.05, 3.63) is 53.2 Å². The number of aryl methyl sites for hydroxylation is 1. The number of likely N-dealkylation sites (N-methyl/N-ethyl adjacent to an activating group) is 1. The molecule has 132 valence electrons. The summed E-state index contributed by atoms with van der Waals surface area (Å²) in [5.74, 6) is -1.61. The molecule has 0 saturated carbocycles. The van der Waals surface area contributed by atoms with E-state index in [4.69, 9.17) is 10.2 Å². The monoisotopic (exact) mass is 345 g/mol. The highest BCUT2D eigenvalue weighted by atomic mass is 16.4. The van der Waals surface area contributed by atoms with Crippen LogP contribution in [0.1, 0.15) is 23.1 Å². The molecule has 1 amide bonds. The maximum absolute atomic E-state index is 12.5. The van der Waals surface area contributed by atoms with Crippen LogP contribution in [0.5, 0.6) is 0 Å². The molecule has 1 heterocycles. The number of benzene rings is 1. The second-order valence-electron chi connectivity index (χ2n) is 5.84. The van der Waals surface area contributed by atoms with Crippen LogP contribution in [0.4, 0.5) is 5.82 Å². The van der Waals surface area contributed by atoms with Crippen molar-refractivity contribution in [1.82, 2.24) is 4.98 Å². The number of rotatable bonds is 8. The average Bonchev–Trinajstić information content (AvgIpc) is 2.95. The zero-order valence-electron chi connectivity index (χ0n) is 13.9. The highest BCUT2D eigenvalue weighted by molar-refractivity contribution is 5.76. The van der Waals surface area contributed by atoms with E-state index in [2.05, 4.69) is 4.98 Å². The van der Waals surface area contributed by atoms with Crippen LogP contribution in [0.15, 0.2) is 36.5 Å². The second-order valence-corrected chi connectivity index (χ2v) is 5.84. The van der Waals surface area contributed by atoms with Crippen molar-refractivity contribution in [2.75, 3.05) is 7.05 Å². The number of hydrogen-bond donors (Lipinski definition) is 4. The summed E-state index contributed by atoms with van der Waals surface area (Å²) in [4.78, 5) is 37.9. The largest absolute Gasteiger partial charge is 0.481 e. The highest BCUT2D eigenvalue weighted by Crippen LogP contribution is 2.19. The van der Waals surface area contributed by atoms with Gasteiger partial charge >= 0.3 is 17.8 Å². The fourth-order valence-corrected chi connectivity index (χ4v) is 2.70. The van der Waals surface area contributed by atoms with Gasteiger partial charge in [-0.2, -0.15) is 0 Å². The molecule has 7 nitrogen and oxygen atoms in total. The van der Waals surface area contributed by atoms with Crippen molar-refractivity contribution in [2.45, 2.75) is 25.7 Å². The zero-order chi connectivity index (χ0) is 18.4. The fourth-order valence-electron chi connectivity index (χ4n) is 2.70. The summed E-state index contributed by atoms with van der Waals surface area (Å²) in [5, 5.41) is 18.0. The van der Waals surface area contributed by atoms with Crippen molar-refractivity contribution >= 4 is 23.7 Å². The molecule has 0 bridgehead atoms. The number of nitrogens with one attached hydrogen (secondary N) is 2. The minimum absolute atomic E-state index is 0.0963. The molecule has 0 fully saturated rings. The summed E-state index contributed by atoms with van der Waals surface area (Å²) >= 11 is 0. The maximum atomic E-state index is 12.5. The number of H-pyrrole nitrogens is 1. The number of aliphatic carboxylic acids is 2. The third kappa shape index (κ3) is 5.02. The summed E-state index contributed by atoms with van der Waals surface area (Å²) in [6, 6.07) is 9.29. The number of carbonyl (C=O) groups is 3. The van der Waals surface area contributed by atoms with E-state index >= 15 is 0 Å². The normalized spacial score (nSPS) is 11.9. The summed E-state index contributed by atoms with van der Waals surface area (Å²) in [7, 11) is 1.66. The molecular formula is C18H21N2O5+. The van der Waals surface area contributed by atoms with E-state index in [9.17, 15) is 14.4 Å². The quantitative estimate of drug-likeness (QED) is 0.559. The molecule has 25 heavy (non-hydrogen) atoms. The van der Waals surface area contributed by atoms with Gasteiger partial charge in [-0.05, 0) is 17.5 Å². The van der Waals surface area contributed by atoms with Gasteiger partial charge in [0.05, 0.1) is 19.9 Å². The van der Waals surface area contributed by atoms with E-state index in [0.29, 0.717) is 21.8 Å². The lowest BCUT2D eigenvalue weighted by Gasteiger charge is -2.12. The molecule has 7 heteroatoms. The molecule has 4 N–H and O–H groups in total. The molecule has 0 aliphatic rings. The van der Waals surface area contributed by atoms with Crippen LogP contribution in [-0.2, 0) is 33.6 Å². The van der Waals surface area contributed by atoms with E-state index in [1.807, 2.05) is 30.3 Å². The minimum atomic E-state index is -1.03. The number of hydrogen-bond acceptors (Lipinski definition) is 3. The number of carboxylic acids is 2. The Hall–Kier alpha value is -2.93. The van der Waals surface area contributed by atoms with Gasteiger partial charge in [-0.1, -0.05) is 30.3 Å². The van der Waals surface area contributed by atoms with Gasteiger partial charge in [0.25, 0.3) is 0 Å². The van der Waals surface area contributed by atoms with Gasteiger partial charge in [0, 0.05) is 18.2 Å². The van der Waals surface area contributed by atoms with Crippen molar-refractivity contribution in [3.8, 4) is 0 Å². The van der Waals surface area contributed by atoms with Gasteiger partial charge in [-0.15, -0.1) is 0 Å². The van der Waals surface area contributed by atoms with Crippen LogP contribution in [0.25, 0.3) is 0 Å². The smallest absolute Gasteiger partial charge is 0.322 e. The molecule has 2 aromatic rings. The Morgan fingerprint density at radius 2 is 1.72 bits per heavy atom. The number of amides is 1. The minimum Gasteiger partial charge on any atom is -0.481 e. The molecule has 1 atom stereocenters. The molecule has 1 aromatic carbocycles. The summed E-state index contributed by atoms with van der Waals surface area (Å²) in [5.41, 5.74) is 1.98. The summed E-state index contributed by atoms with van der Waals surface area (Å²) in [6.07, 6.45) is 1.68. The first-order valence-corrected chi connectivity index (χ1v) is 7.92. The molecular weight excluding hydrogens is 324 g/mol. The average molecular weight is 345 g/mol. The van der Waals surface area contributed by atoms with Crippen molar-refractivity contribution in [3.63, 3.8) is 0 Å². The van der Waals surface area contributed by atoms with Crippen LogP contribution >= 0.6 is 0 Å². The third-order valence-corrected chi connectivity index (χ3v) is 4.02. The third-order valence-electron chi connectivity index (χ3n) is 4.02. The predicted molar refractivity (Wildman–Crippen MR) is 89.8 cm³/mol. The molecule has 0 saturated heterocycles. The second kappa shape index (κ2) is 8.25. The standard InChI is InChI=1S/C18H20N2O5/c1-20(15(21)9-12-5-3-2-4-6-12)18-14(10-17(24)25)13(11-19-18)7-8-16(22)23/h2-6,11,19H,7-10H2,1H3,(H,22,23)(H,24,25)/p+1. The van der Waals surface area contributed by atoms with Crippen LogP contribution in [-0.4, -0.2) is 40.1 Å². The first-order valence-electron chi connectivity index (χ1n) is 7.92. The van der Waals surface area contributed by atoms with Gasteiger partial charge in [-0.25, -0.2) is 9.69 Å². The predicted octanol–water partition coefficient (Wildman–Crippen LogP) is 0.574. The van der Waals surface area contributed by atoms with Crippen LogP contribution in [0, 0.1) is 0 Å². The van der Waals surface area contributed by atoms with E-state index in [-0.39, 0.29) is 31.6 Å². The summed E-state index contributed by atoms with van der Waals surface area (Å²) < 4.78 is 0. The zero-order valence-corrected chi connectivity index (χ0v) is 13.9. The molecule has 0 aliphatic heterocycles. The molecule has 0 aliphatic carbocycles. The van der Waals surface area contributed by atoms with E-state index in [1.165, 1.54) is 0 Å². The SMILES string of the molecule is C[NH+](C(=O)Cc1ccccc1)c1[nH]cc(CCC(=O)O)c1CC(=O)O. The topological polar surface area (TPSA) is 112 Å². The van der Waals surface area contributed by atoms with Gasteiger partial charge in [0.1, 0.15) is 0 Å². The fraction of sp³-hybridized carbons (Fsp3) is 0.278. The van der Waals surface area contributed by atoms with Crippen molar-refractivity contribution in [2.24, 2.45) is 0 Å². The molecule has 0 radical (unpaired) electrons. The Balaban J connectivity index is 2.22. The van der Waals surface area contributed by atoms with Crippen LogP contribution in [0.2, 0.25) is 0 Å².